The number of nitrogens with two attached hydrogens (primary N) is 1. The third-order valence-electron chi connectivity index (χ3n) is 3.17. The topological polar surface area (TPSA) is 91.7 Å². The molecule has 0 aliphatic heterocycles. The zero-order valence-electron chi connectivity index (χ0n) is 11.0. The minimum Gasteiger partial charge on any atom is -0.370 e. The number of H-pyrrole nitrogens is 2. The summed E-state index contributed by atoms with van der Waals surface area (Å²) in [6.45, 7) is 1.55. The number of carbonyl (C=O) groups is 1. The van der Waals surface area contributed by atoms with Crippen LogP contribution in [0.1, 0.15) is 29.2 Å². The summed E-state index contributed by atoms with van der Waals surface area (Å²) >= 11 is 0. The van der Waals surface area contributed by atoms with Crippen LogP contribution < -0.4 is 11.3 Å². The van der Waals surface area contributed by atoms with Crippen molar-refractivity contribution in [2.75, 3.05) is 0 Å². The van der Waals surface area contributed by atoms with E-state index >= 15 is 0 Å². The number of halogens is 3. The largest absolute Gasteiger partial charge is 0.370 e. The lowest BCUT2D eigenvalue weighted by Crippen LogP contribution is -2.21. The molecule has 112 valence electrons. The molecule has 1 atom stereocenters. The Hall–Kier alpha value is -2.51. The molecule has 1 unspecified atom stereocenters. The second-order valence-electron chi connectivity index (χ2n) is 4.64. The van der Waals surface area contributed by atoms with Crippen LogP contribution >= 0.6 is 0 Å². The van der Waals surface area contributed by atoms with Gasteiger partial charge in [-0.15, -0.1) is 0 Å². The lowest BCUT2D eigenvalue weighted by Gasteiger charge is -2.15. The molecule has 0 saturated carbocycles. The highest BCUT2D eigenvalue weighted by Crippen LogP contribution is 2.29. The van der Waals surface area contributed by atoms with E-state index in [0.717, 1.165) is 12.1 Å². The average Bonchev–Trinajstić information content (AvgIpc) is 2.72. The first-order chi connectivity index (χ1) is 9.81. The number of primary amides is 1. The van der Waals surface area contributed by atoms with E-state index in [-0.39, 0.29) is 17.5 Å². The summed E-state index contributed by atoms with van der Waals surface area (Å²) in [5.74, 6) is -6.14. The SMILES string of the molecule is Cc1[nH][nH]c(=O)c1C(CC(N)=O)c1cc(F)c(F)c(F)c1. The maximum absolute atomic E-state index is 13.4. The second kappa shape index (κ2) is 5.47. The van der Waals surface area contributed by atoms with Crippen molar-refractivity contribution in [1.29, 1.82) is 0 Å². The fourth-order valence-corrected chi connectivity index (χ4v) is 2.24. The van der Waals surface area contributed by atoms with Gasteiger partial charge in [0.15, 0.2) is 17.5 Å². The van der Waals surface area contributed by atoms with Crippen LogP contribution in [0.2, 0.25) is 0 Å². The van der Waals surface area contributed by atoms with Gasteiger partial charge in [0, 0.05) is 23.6 Å². The summed E-state index contributed by atoms with van der Waals surface area (Å²) < 4.78 is 39.7. The molecule has 1 aromatic carbocycles. The highest BCUT2D eigenvalue weighted by atomic mass is 19.2. The highest BCUT2D eigenvalue weighted by Gasteiger charge is 2.25. The molecule has 5 nitrogen and oxygen atoms in total. The standard InChI is InChI=1S/C13H12F3N3O2/c1-5-11(13(21)19-18-5)7(4-10(17)20)6-2-8(14)12(16)9(15)3-6/h2-3,7H,4H2,1H3,(H2,17,20)(H2,18,19,21). The normalized spacial score (nSPS) is 12.4. The van der Waals surface area contributed by atoms with Crippen molar-refractivity contribution in [3.8, 4) is 0 Å². The van der Waals surface area contributed by atoms with Crippen LogP contribution in [0.25, 0.3) is 0 Å². The van der Waals surface area contributed by atoms with Gasteiger partial charge < -0.3 is 10.8 Å². The quantitative estimate of drug-likeness (QED) is 0.745. The minimum atomic E-state index is -1.61. The molecule has 1 heterocycles. The molecular weight excluding hydrogens is 287 g/mol. The first-order valence-electron chi connectivity index (χ1n) is 6.01. The number of hydrogen-bond donors (Lipinski definition) is 3. The van der Waals surface area contributed by atoms with Gasteiger partial charge in [-0.05, 0) is 24.6 Å². The van der Waals surface area contributed by atoms with E-state index in [0.29, 0.717) is 5.69 Å². The molecule has 2 aromatic rings. The zero-order chi connectivity index (χ0) is 15.7. The third kappa shape index (κ3) is 2.83. The molecule has 0 aliphatic carbocycles. The monoisotopic (exact) mass is 299 g/mol. The Morgan fingerprint density at radius 3 is 2.24 bits per heavy atom. The number of aromatic nitrogens is 2. The van der Waals surface area contributed by atoms with Gasteiger partial charge in [0.25, 0.3) is 5.56 Å². The number of aromatic amines is 2. The van der Waals surface area contributed by atoms with E-state index < -0.39 is 34.8 Å². The molecule has 1 aromatic heterocycles. The summed E-state index contributed by atoms with van der Waals surface area (Å²) in [4.78, 5) is 22.9. The Labute approximate surface area is 117 Å². The van der Waals surface area contributed by atoms with Crippen LogP contribution in [0.15, 0.2) is 16.9 Å². The van der Waals surface area contributed by atoms with Gasteiger partial charge in [-0.25, -0.2) is 13.2 Å². The zero-order valence-corrected chi connectivity index (χ0v) is 11.0. The predicted octanol–water partition coefficient (Wildman–Crippen LogP) is 1.44. The van der Waals surface area contributed by atoms with Gasteiger partial charge in [0.05, 0.1) is 0 Å². The fourth-order valence-electron chi connectivity index (χ4n) is 2.24. The average molecular weight is 299 g/mol. The second-order valence-corrected chi connectivity index (χ2v) is 4.64. The van der Waals surface area contributed by atoms with Crippen LogP contribution in [-0.4, -0.2) is 16.1 Å². The van der Waals surface area contributed by atoms with Crippen molar-refractivity contribution >= 4 is 5.91 Å². The summed E-state index contributed by atoms with van der Waals surface area (Å²) in [5, 5.41) is 4.86. The Morgan fingerprint density at radius 2 is 1.81 bits per heavy atom. The van der Waals surface area contributed by atoms with Gasteiger partial charge in [0.2, 0.25) is 5.91 Å². The molecule has 8 heteroatoms. The predicted molar refractivity (Wildman–Crippen MR) is 68.1 cm³/mol. The van der Waals surface area contributed by atoms with E-state index in [9.17, 15) is 22.8 Å². The molecule has 0 fully saturated rings. The number of benzene rings is 1. The number of nitrogens with one attached hydrogen (secondary N) is 2. The molecule has 4 N–H and O–H groups in total. The van der Waals surface area contributed by atoms with Crippen LogP contribution in [-0.2, 0) is 4.79 Å². The van der Waals surface area contributed by atoms with Crippen LogP contribution in [0.4, 0.5) is 13.2 Å². The van der Waals surface area contributed by atoms with Crippen LogP contribution in [0.5, 0.6) is 0 Å². The van der Waals surface area contributed by atoms with Crippen LogP contribution in [0, 0.1) is 24.4 Å². The number of rotatable bonds is 4. The van der Waals surface area contributed by atoms with Gasteiger partial charge >= 0.3 is 0 Å². The Balaban J connectivity index is 2.62. The van der Waals surface area contributed by atoms with E-state index in [1.165, 1.54) is 0 Å². The van der Waals surface area contributed by atoms with Crippen molar-refractivity contribution in [1.82, 2.24) is 10.2 Å². The number of hydrogen-bond acceptors (Lipinski definition) is 2. The summed E-state index contributed by atoms with van der Waals surface area (Å²) in [5.41, 5.74) is 5.06. The van der Waals surface area contributed by atoms with Crippen LogP contribution in [0.3, 0.4) is 0 Å². The summed E-state index contributed by atoms with van der Waals surface area (Å²) in [7, 11) is 0. The molecule has 0 bridgehead atoms. The van der Waals surface area contributed by atoms with E-state index in [4.69, 9.17) is 5.73 Å². The lowest BCUT2D eigenvalue weighted by atomic mass is 9.88. The Bertz CT molecular complexity index is 728. The number of aryl methyl sites for hydroxylation is 1. The maximum Gasteiger partial charge on any atom is 0.267 e. The van der Waals surface area contributed by atoms with E-state index in [2.05, 4.69) is 10.2 Å². The maximum atomic E-state index is 13.4. The van der Waals surface area contributed by atoms with Gasteiger partial charge in [-0.1, -0.05) is 0 Å². The molecule has 0 spiro atoms. The lowest BCUT2D eigenvalue weighted by molar-refractivity contribution is -0.118. The third-order valence-corrected chi connectivity index (χ3v) is 3.17. The van der Waals surface area contributed by atoms with E-state index in [1.54, 1.807) is 6.92 Å². The van der Waals surface area contributed by atoms with Gasteiger partial charge in [-0.3, -0.25) is 14.7 Å². The number of amides is 1. The van der Waals surface area contributed by atoms with Crippen molar-refractivity contribution in [3.05, 3.63) is 56.8 Å². The molecule has 0 aliphatic rings. The summed E-state index contributed by atoms with van der Waals surface area (Å²) in [6, 6.07) is 1.50. The highest BCUT2D eigenvalue weighted by molar-refractivity contribution is 5.75. The Morgan fingerprint density at radius 1 is 1.24 bits per heavy atom. The number of carbonyl (C=O) groups excluding carboxylic acids is 1. The minimum absolute atomic E-state index is 0.0431. The van der Waals surface area contributed by atoms with Crippen molar-refractivity contribution in [2.24, 2.45) is 5.73 Å². The first kappa shape index (κ1) is 14.9. The molecule has 0 radical (unpaired) electrons. The molecule has 21 heavy (non-hydrogen) atoms. The smallest absolute Gasteiger partial charge is 0.267 e. The fraction of sp³-hybridized carbons (Fsp3) is 0.231. The van der Waals surface area contributed by atoms with Gasteiger partial charge in [0.1, 0.15) is 0 Å². The molecule has 1 amide bonds. The van der Waals surface area contributed by atoms with Crippen molar-refractivity contribution < 1.29 is 18.0 Å². The molecule has 0 saturated heterocycles. The Kier molecular flexibility index (Phi) is 3.88. The van der Waals surface area contributed by atoms with Crippen molar-refractivity contribution in [2.45, 2.75) is 19.3 Å². The molecular formula is C13H12F3N3O2. The molecule has 2 rings (SSSR count). The van der Waals surface area contributed by atoms with E-state index in [1.807, 2.05) is 0 Å². The van der Waals surface area contributed by atoms with Crippen molar-refractivity contribution in [3.63, 3.8) is 0 Å². The first-order valence-corrected chi connectivity index (χ1v) is 6.01. The summed E-state index contributed by atoms with van der Waals surface area (Å²) in [6.07, 6.45) is -0.341. The van der Waals surface area contributed by atoms with Gasteiger partial charge in [-0.2, -0.15) is 0 Å².